The summed E-state index contributed by atoms with van der Waals surface area (Å²) in [6.45, 7) is 12.6. The van der Waals surface area contributed by atoms with Gasteiger partial charge in [-0.3, -0.25) is 4.79 Å². The zero-order chi connectivity index (χ0) is 25.2. The van der Waals surface area contributed by atoms with E-state index in [1.807, 2.05) is 61.9 Å². The van der Waals surface area contributed by atoms with Gasteiger partial charge in [0.15, 0.2) is 5.78 Å². The summed E-state index contributed by atoms with van der Waals surface area (Å²) in [5.41, 5.74) is 3.88. The summed E-state index contributed by atoms with van der Waals surface area (Å²) < 4.78 is 13.1. The van der Waals surface area contributed by atoms with Crippen LogP contribution in [0.3, 0.4) is 0 Å². The van der Waals surface area contributed by atoms with E-state index >= 15 is 0 Å². The summed E-state index contributed by atoms with van der Waals surface area (Å²) >= 11 is 0. The second-order valence-corrected chi connectivity index (χ2v) is 14.8. The minimum absolute atomic E-state index is 0.0404. The minimum atomic E-state index is -2.28. The monoisotopic (exact) mass is 482 g/mol. The van der Waals surface area contributed by atoms with E-state index in [2.05, 4.69) is 27.7 Å². The van der Waals surface area contributed by atoms with Gasteiger partial charge in [-0.05, 0) is 36.3 Å². The van der Waals surface area contributed by atoms with E-state index in [1.54, 1.807) is 0 Å². The number of benzene rings is 2. The van der Waals surface area contributed by atoms with Crippen molar-refractivity contribution >= 4 is 12.9 Å². The van der Waals surface area contributed by atoms with Gasteiger partial charge >= 0.3 is 0 Å². The van der Waals surface area contributed by atoms with Crippen LogP contribution in [0.1, 0.15) is 125 Å². The molecule has 2 nitrogen and oxygen atoms in total. The lowest BCUT2D eigenvalue weighted by Crippen LogP contribution is -2.11. The van der Waals surface area contributed by atoms with Crippen LogP contribution in [0, 0.1) is 0 Å². The Labute approximate surface area is 209 Å². The molecule has 0 N–H and O–H groups in total. The van der Waals surface area contributed by atoms with Crippen molar-refractivity contribution in [2.24, 2.45) is 0 Å². The number of carbonyl (C=O) groups excluding carboxylic acids is 1. The molecule has 188 valence electrons. The Bertz CT molecular complexity index is 913. The summed E-state index contributed by atoms with van der Waals surface area (Å²) in [6.07, 6.45) is 12.6. The lowest BCUT2D eigenvalue weighted by Gasteiger charge is -2.22. The van der Waals surface area contributed by atoms with Crippen LogP contribution in [-0.4, -0.2) is 19.1 Å². The highest BCUT2D eigenvalue weighted by molar-refractivity contribution is 7.62. The van der Waals surface area contributed by atoms with Gasteiger partial charge in [-0.2, -0.15) is 0 Å². The number of ketones is 1. The molecule has 0 heterocycles. The van der Waals surface area contributed by atoms with Crippen LogP contribution in [0.2, 0.25) is 0 Å². The predicted octanol–water partition coefficient (Wildman–Crippen LogP) is 9.80. The Morgan fingerprint density at radius 3 is 1.62 bits per heavy atom. The van der Waals surface area contributed by atoms with E-state index in [-0.39, 0.29) is 16.9 Å². The summed E-state index contributed by atoms with van der Waals surface area (Å²) in [5, 5.41) is 0. The number of rotatable bonds is 14. The summed E-state index contributed by atoms with van der Waals surface area (Å²) in [5.74, 6) is 0.0404. The van der Waals surface area contributed by atoms with Crippen molar-refractivity contribution in [3.63, 3.8) is 0 Å². The van der Waals surface area contributed by atoms with Crippen LogP contribution in [-0.2, 0) is 9.98 Å². The predicted molar refractivity (Wildman–Crippen MR) is 149 cm³/mol. The fraction of sp³-hybridized carbons (Fsp3) is 0.581. The van der Waals surface area contributed by atoms with Gasteiger partial charge in [0.05, 0.1) is 7.14 Å². The van der Waals surface area contributed by atoms with Crippen LogP contribution < -0.4 is 0 Å². The second-order valence-electron chi connectivity index (χ2n) is 11.3. The molecule has 0 aromatic heterocycles. The van der Waals surface area contributed by atoms with E-state index in [0.717, 1.165) is 18.4 Å². The third-order valence-corrected chi connectivity index (χ3v) is 8.96. The van der Waals surface area contributed by atoms with Crippen molar-refractivity contribution in [3.05, 3.63) is 70.8 Å². The summed E-state index contributed by atoms with van der Waals surface area (Å²) in [7, 11) is -2.28. The lowest BCUT2D eigenvalue weighted by molar-refractivity contribution is 0.103. The van der Waals surface area contributed by atoms with Crippen LogP contribution in [0.5, 0.6) is 0 Å². The Morgan fingerprint density at radius 2 is 1.18 bits per heavy atom. The van der Waals surface area contributed by atoms with Crippen molar-refractivity contribution < 1.29 is 9.36 Å². The highest BCUT2D eigenvalue weighted by atomic mass is 31.2. The zero-order valence-corrected chi connectivity index (χ0v) is 23.4. The van der Waals surface area contributed by atoms with Crippen molar-refractivity contribution in [3.8, 4) is 0 Å². The van der Waals surface area contributed by atoms with Crippen LogP contribution >= 0.6 is 7.14 Å². The molecule has 2 rings (SSSR count). The molecule has 1 unspecified atom stereocenters. The molecule has 0 fully saturated rings. The van der Waals surface area contributed by atoms with Gasteiger partial charge in [-0.15, -0.1) is 0 Å². The van der Waals surface area contributed by atoms with Gasteiger partial charge in [0.1, 0.15) is 0 Å². The molecule has 1 atom stereocenters. The van der Waals surface area contributed by atoms with Crippen LogP contribution in [0.15, 0.2) is 48.5 Å². The van der Waals surface area contributed by atoms with Crippen molar-refractivity contribution in [2.75, 3.05) is 13.3 Å². The molecule has 0 aliphatic heterocycles. The molecule has 3 heteroatoms. The Kier molecular flexibility index (Phi) is 11.3. The minimum Gasteiger partial charge on any atom is -0.323 e. The lowest BCUT2D eigenvalue weighted by atomic mass is 9.86. The molecule has 0 radical (unpaired) electrons. The third kappa shape index (κ3) is 9.18. The SMILES string of the molecule is CCCCCCCCCCCC(c1ccc(C(=O)c2ccc(C(C)(C)C)cc2)cc1)P(C)(C)=O. The maximum Gasteiger partial charge on any atom is 0.193 e. The fourth-order valence-electron chi connectivity index (χ4n) is 4.63. The van der Waals surface area contributed by atoms with Gasteiger partial charge in [-0.1, -0.05) is 134 Å². The molecule has 0 spiro atoms. The normalized spacial score (nSPS) is 13.1. The highest BCUT2D eigenvalue weighted by Crippen LogP contribution is 2.55. The first kappa shape index (κ1) is 28.6. The molecular weight excluding hydrogens is 435 g/mol. The number of unbranched alkanes of at least 4 members (excludes halogenated alkanes) is 8. The Morgan fingerprint density at radius 1 is 0.735 bits per heavy atom. The summed E-state index contributed by atoms with van der Waals surface area (Å²) in [4.78, 5) is 13.0. The molecular formula is C31H47O2P. The molecule has 0 aliphatic rings. The van der Waals surface area contributed by atoms with E-state index in [9.17, 15) is 9.36 Å². The third-order valence-electron chi connectivity index (χ3n) is 6.90. The molecule has 0 aliphatic carbocycles. The Hall–Kier alpha value is -1.66. The molecule has 2 aromatic rings. The number of hydrogen-bond acceptors (Lipinski definition) is 2. The van der Waals surface area contributed by atoms with Gasteiger partial charge in [0, 0.05) is 16.8 Å². The van der Waals surface area contributed by atoms with Gasteiger partial charge in [-0.25, -0.2) is 0 Å². The largest absolute Gasteiger partial charge is 0.323 e. The van der Waals surface area contributed by atoms with Crippen molar-refractivity contribution in [1.82, 2.24) is 0 Å². The quantitative estimate of drug-likeness (QED) is 0.152. The first-order chi connectivity index (χ1) is 16.0. The first-order valence-corrected chi connectivity index (χ1v) is 16.0. The van der Waals surface area contributed by atoms with Gasteiger partial charge < -0.3 is 4.57 Å². The standard InChI is InChI=1S/C31H47O2P/c1-7-8-9-10-11-12-13-14-15-16-29(34(5,6)33)25-17-19-26(20-18-25)30(32)27-21-23-28(24-22-27)31(2,3)4/h17-24,29H,7-16H2,1-6H3. The molecule has 0 saturated carbocycles. The maximum absolute atomic E-state index is 13.1. The van der Waals surface area contributed by atoms with E-state index in [0.29, 0.717) is 11.1 Å². The fourth-order valence-corrected chi connectivity index (χ4v) is 6.32. The molecule has 34 heavy (non-hydrogen) atoms. The average Bonchev–Trinajstić information content (AvgIpc) is 2.79. The van der Waals surface area contributed by atoms with Gasteiger partial charge in [0.2, 0.25) is 0 Å². The van der Waals surface area contributed by atoms with Crippen molar-refractivity contribution in [1.29, 1.82) is 0 Å². The highest BCUT2D eigenvalue weighted by Gasteiger charge is 2.25. The molecule has 0 amide bonds. The topological polar surface area (TPSA) is 34.1 Å². The summed E-state index contributed by atoms with van der Waals surface area (Å²) in [6, 6.07) is 15.8. The van der Waals surface area contributed by atoms with Gasteiger partial charge in [0.25, 0.3) is 0 Å². The van der Waals surface area contributed by atoms with Crippen LogP contribution in [0.4, 0.5) is 0 Å². The smallest absolute Gasteiger partial charge is 0.193 e. The van der Waals surface area contributed by atoms with Crippen LogP contribution in [0.25, 0.3) is 0 Å². The zero-order valence-electron chi connectivity index (χ0n) is 22.5. The number of hydrogen-bond donors (Lipinski definition) is 0. The molecule has 0 saturated heterocycles. The molecule has 2 aromatic carbocycles. The average molecular weight is 483 g/mol. The van der Waals surface area contributed by atoms with E-state index in [1.165, 1.54) is 56.9 Å². The van der Waals surface area contributed by atoms with E-state index in [4.69, 9.17) is 0 Å². The van der Waals surface area contributed by atoms with E-state index < -0.39 is 7.14 Å². The Balaban J connectivity index is 1.95. The van der Waals surface area contributed by atoms with Crippen molar-refractivity contribution in [2.45, 2.75) is 103 Å². The second kappa shape index (κ2) is 13.4. The number of carbonyl (C=O) groups is 1. The first-order valence-electron chi connectivity index (χ1n) is 13.3. The maximum atomic E-state index is 13.1. The molecule has 0 bridgehead atoms.